The van der Waals surface area contributed by atoms with Gasteiger partial charge in [0.05, 0.1) is 12.8 Å². The fourth-order valence-electron chi connectivity index (χ4n) is 3.89. The Morgan fingerprint density at radius 2 is 1.08 bits per heavy atom. The molecule has 0 bridgehead atoms. The number of aliphatic carboxylic acids is 2. The minimum Gasteiger partial charge on any atom is -0.508 e. The first-order valence-electron chi connectivity index (χ1n) is 14.6. The Morgan fingerprint density at radius 3 is 1.48 bits per heavy atom. The fraction of sp³-hybridized carbons (Fsp3) is 0.438. The first-order valence-corrected chi connectivity index (χ1v) is 14.6. The standard InChI is InChI=1S/C32H40N2O14/c1-31(2,3)47-26(39)16-24(30(44)48-32(4,5)6)34-28(41)18-10-20(36)14-22(12-18)46-8-7-45-21-11-17(9-19(35)13-21)27(40)33-23(29(42)43)15-25(37)38/h9-14,23-24,35-36H,7-8,15-16H2,1-6H3,(H,33,40)(H,34,41)(H,37,38)(H,42,43). The molecule has 2 unspecified atom stereocenters. The summed E-state index contributed by atoms with van der Waals surface area (Å²) in [6.45, 7) is 9.48. The molecule has 2 aromatic carbocycles. The van der Waals surface area contributed by atoms with E-state index in [2.05, 4.69) is 10.6 Å². The van der Waals surface area contributed by atoms with Gasteiger partial charge in [0.15, 0.2) is 0 Å². The molecule has 2 aromatic rings. The van der Waals surface area contributed by atoms with Gasteiger partial charge in [-0.25, -0.2) is 9.59 Å². The number of ether oxygens (including phenoxy) is 4. The molecule has 0 aliphatic carbocycles. The van der Waals surface area contributed by atoms with Gasteiger partial charge in [-0.3, -0.25) is 19.2 Å². The number of carboxylic acids is 2. The molecule has 0 saturated carbocycles. The minimum atomic E-state index is -1.71. The highest BCUT2D eigenvalue weighted by atomic mass is 16.6. The number of benzene rings is 2. The van der Waals surface area contributed by atoms with Crippen molar-refractivity contribution in [2.75, 3.05) is 13.2 Å². The molecule has 2 amide bonds. The maximum atomic E-state index is 13.1. The molecule has 0 radical (unpaired) electrons. The number of aromatic hydroxyl groups is 2. The Balaban J connectivity index is 2.09. The van der Waals surface area contributed by atoms with Crippen molar-refractivity contribution in [1.82, 2.24) is 10.6 Å². The third-order valence-electron chi connectivity index (χ3n) is 5.70. The summed E-state index contributed by atoms with van der Waals surface area (Å²) in [5.41, 5.74) is -2.08. The van der Waals surface area contributed by atoms with E-state index in [0.717, 1.165) is 18.2 Å². The van der Waals surface area contributed by atoms with Gasteiger partial charge in [0, 0.05) is 23.3 Å². The van der Waals surface area contributed by atoms with E-state index in [9.17, 15) is 39.0 Å². The zero-order valence-electron chi connectivity index (χ0n) is 27.3. The second-order valence-corrected chi connectivity index (χ2v) is 12.4. The monoisotopic (exact) mass is 676 g/mol. The number of rotatable bonds is 15. The Hall–Kier alpha value is -5.54. The molecule has 0 fully saturated rings. The van der Waals surface area contributed by atoms with Gasteiger partial charge in [0.25, 0.3) is 11.8 Å². The van der Waals surface area contributed by atoms with Crippen LogP contribution in [-0.4, -0.2) is 92.6 Å². The third-order valence-corrected chi connectivity index (χ3v) is 5.70. The number of carbonyl (C=O) groups is 6. The third kappa shape index (κ3) is 13.8. The molecule has 2 atom stereocenters. The number of carboxylic acid groups (broad SMARTS) is 2. The van der Waals surface area contributed by atoms with Gasteiger partial charge in [0.2, 0.25) is 0 Å². The Kier molecular flexibility index (Phi) is 13.1. The van der Waals surface area contributed by atoms with Crippen LogP contribution < -0.4 is 20.1 Å². The van der Waals surface area contributed by atoms with Crippen LogP contribution in [0.4, 0.5) is 0 Å². The summed E-state index contributed by atoms with van der Waals surface area (Å²) in [5.74, 6) is -7.15. The highest BCUT2D eigenvalue weighted by molar-refractivity contribution is 5.99. The van der Waals surface area contributed by atoms with Crippen molar-refractivity contribution in [3.8, 4) is 23.0 Å². The van der Waals surface area contributed by atoms with Crippen LogP contribution in [0.5, 0.6) is 23.0 Å². The number of hydrogen-bond acceptors (Lipinski definition) is 12. The first-order chi connectivity index (χ1) is 22.1. The van der Waals surface area contributed by atoms with Crippen molar-refractivity contribution in [3.05, 3.63) is 47.5 Å². The molecule has 262 valence electrons. The molecule has 0 heterocycles. The number of amides is 2. The molecule has 0 aromatic heterocycles. The lowest BCUT2D eigenvalue weighted by atomic mass is 10.1. The van der Waals surface area contributed by atoms with Crippen LogP contribution >= 0.6 is 0 Å². The molecule has 2 rings (SSSR count). The zero-order valence-corrected chi connectivity index (χ0v) is 27.3. The van der Waals surface area contributed by atoms with E-state index in [1.54, 1.807) is 41.5 Å². The molecule has 48 heavy (non-hydrogen) atoms. The predicted octanol–water partition coefficient (Wildman–Crippen LogP) is 2.39. The molecule has 16 nitrogen and oxygen atoms in total. The quantitative estimate of drug-likeness (QED) is 0.117. The highest BCUT2D eigenvalue weighted by Crippen LogP contribution is 2.24. The highest BCUT2D eigenvalue weighted by Gasteiger charge is 2.31. The van der Waals surface area contributed by atoms with Crippen molar-refractivity contribution in [2.45, 2.75) is 77.7 Å². The van der Waals surface area contributed by atoms with Gasteiger partial charge in [-0.05, 0) is 65.8 Å². The molecule has 0 saturated heterocycles. The van der Waals surface area contributed by atoms with Crippen molar-refractivity contribution in [2.24, 2.45) is 0 Å². The van der Waals surface area contributed by atoms with E-state index in [1.807, 2.05) is 0 Å². The summed E-state index contributed by atoms with van der Waals surface area (Å²) in [4.78, 5) is 73.0. The lowest BCUT2D eigenvalue weighted by Crippen LogP contribution is -2.46. The van der Waals surface area contributed by atoms with Crippen LogP contribution in [0.25, 0.3) is 0 Å². The Bertz CT molecular complexity index is 1520. The van der Waals surface area contributed by atoms with Crippen LogP contribution in [0, 0.1) is 0 Å². The molecule has 0 aliphatic rings. The second-order valence-electron chi connectivity index (χ2n) is 12.4. The van der Waals surface area contributed by atoms with Crippen LogP contribution in [0.1, 0.15) is 75.1 Å². The van der Waals surface area contributed by atoms with Crippen molar-refractivity contribution >= 4 is 35.7 Å². The molecular weight excluding hydrogens is 636 g/mol. The molecule has 0 spiro atoms. The zero-order chi connectivity index (χ0) is 36.4. The van der Waals surface area contributed by atoms with Crippen LogP contribution in [0.15, 0.2) is 36.4 Å². The van der Waals surface area contributed by atoms with Gasteiger partial charge in [0.1, 0.15) is 59.5 Å². The first kappa shape index (κ1) is 38.6. The number of esters is 2. The van der Waals surface area contributed by atoms with Crippen molar-refractivity contribution < 1.29 is 68.1 Å². The van der Waals surface area contributed by atoms with E-state index in [4.69, 9.17) is 29.2 Å². The fourth-order valence-corrected chi connectivity index (χ4v) is 3.89. The summed E-state index contributed by atoms with van der Waals surface area (Å²) in [7, 11) is 0. The Morgan fingerprint density at radius 1 is 0.646 bits per heavy atom. The van der Waals surface area contributed by atoms with Crippen LogP contribution in [0.2, 0.25) is 0 Å². The number of hydrogen-bond donors (Lipinski definition) is 6. The number of phenolic OH excluding ortho intramolecular Hbond substituents is 2. The molecular formula is C32H40N2O14. The van der Waals surface area contributed by atoms with Gasteiger partial charge in [-0.15, -0.1) is 0 Å². The molecule has 6 N–H and O–H groups in total. The number of nitrogens with one attached hydrogen (secondary N) is 2. The maximum Gasteiger partial charge on any atom is 0.329 e. The lowest BCUT2D eigenvalue weighted by Gasteiger charge is -2.25. The minimum absolute atomic E-state index is 0.0111. The lowest BCUT2D eigenvalue weighted by molar-refractivity contribution is -0.164. The van der Waals surface area contributed by atoms with Gasteiger partial charge in [-0.2, -0.15) is 0 Å². The normalized spacial score (nSPS) is 12.5. The van der Waals surface area contributed by atoms with Crippen molar-refractivity contribution in [3.63, 3.8) is 0 Å². The molecule has 16 heteroatoms. The molecule has 0 aliphatic heterocycles. The number of carbonyl (C=O) groups excluding carboxylic acids is 4. The van der Waals surface area contributed by atoms with E-state index in [-0.39, 0.29) is 41.6 Å². The predicted molar refractivity (Wildman–Crippen MR) is 166 cm³/mol. The van der Waals surface area contributed by atoms with Crippen LogP contribution in [-0.2, 0) is 28.7 Å². The van der Waals surface area contributed by atoms with Crippen molar-refractivity contribution in [1.29, 1.82) is 0 Å². The van der Waals surface area contributed by atoms with E-state index < -0.39 is 77.6 Å². The summed E-state index contributed by atoms with van der Waals surface area (Å²) in [6, 6.07) is 3.84. The smallest absolute Gasteiger partial charge is 0.329 e. The average Bonchev–Trinajstić information content (AvgIpc) is 2.91. The van der Waals surface area contributed by atoms with E-state index in [0.29, 0.717) is 0 Å². The summed E-state index contributed by atoms with van der Waals surface area (Å²) < 4.78 is 21.7. The summed E-state index contributed by atoms with van der Waals surface area (Å²) in [5, 5.41) is 42.7. The second kappa shape index (κ2) is 16.3. The average molecular weight is 677 g/mol. The van der Waals surface area contributed by atoms with Gasteiger partial charge < -0.3 is 50.0 Å². The SMILES string of the molecule is CC(C)(C)OC(=O)CC(NC(=O)c1cc(O)cc(OCCOc2cc(O)cc(C(=O)NC(CC(=O)O)C(=O)O)c2)c1)C(=O)OC(C)(C)C. The summed E-state index contributed by atoms with van der Waals surface area (Å²) in [6.07, 6.45) is -1.38. The number of phenols is 2. The largest absolute Gasteiger partial charge is 0.508 e. The topological polar surface area (TPSA) is 244 Å². The van der Waals surface area contributed by atoms with E-state index in [1.165, 1.54) is 18.2 Å². The Labute approximate surface area is 275 Å². The van der Waals surface area contributed by atoms with Gasteiger partial charge in [-0.1, -0.05) is 0 Å². The maximum absolute atomic E-state index is 13.1. The summed E-state index contributed by atoms with van der Waals surface area (Å²) >= 11 is 0. The van der Waals surface area contributed by atoms with E-state index >= 15 is 0 Å². The van der Waals surface area contributed by atoms with Gasteiger partial charge >= 0.3 is 23.9 Å². The van der Waals surface area contributed by atoms with Crippen LogP contribution in [0.3, 0.4) is 0 Å².